The van der Waals surface area contributed by atoms with Crippen LogP contribution in [0.4, 0.5) is 0 Å². The van der Waals surface area contributed by atoms with Gasteiger partial charge in [0.25, 0.3) is 0 Å². The van der Waals surface area contributed by atoms with E-state index in [1.54, 1.807) is 24.3 Å². The molecule has 1 nitrogen and oxygen atoms in total. The Morgan fingerprint density at radius 3 is 1.50 bits per heavy atom. The van der Waals surface area contributed by atoms with Crippen molar-refractivity contribution in [3.63, 3.8) is 0 Å². The first-order valence-corrected chi connectivity index (χ1v) is 9.34. The summed E-state index contributed by atoms with van der Waals surface area (Å²) in [5.74, 6) is 0. The minimum atomic E-state index is -2.94. The Balaban J connectivity index is 2.75. The van der Waals surface area contributed by atoms with Crippen LogP contribution in [0.15, 0.2) is 65.1 Å². The minimum Gasteiger partial charge on any atom is -0.308 e. The fraction of sp³-hybridized carbons (Fsp3) is 0.167. The number of hydrogen-bond acceptors (Lipinski definition) is 1. The van der Waals surface area contributed by atoms with E-state index in [9.17, 15) is 4.57 Å². The van der Waals surface area contributed by atoms with Gasteiger partial charge in [0, 0.05) is 26.0 Å². The molecule has 22 heavy (non-hydrogen) atoms. The van der Waals surface area contributed by atoms with Crippen LogP contribution >= 0.6 is 30.3 Å². The van der Waals surface area contributed by atoms with Crippen molar-refractivity contribution < 1.29 is 4.57 Å². The van der Waals surface area contributed by atoms with E-state index < -0.39 is 7.14 Å². The predicted molar refractivity (Wildman–Crippen MR) is 97.3 cm³/mol. The summed E-state index contributed by atoms with van der Waals surface area (Å²) in [6, 6.07) is 14.3. The molecule has 0 atom stereocenters. The molecule has 0 fully saturated rings. The average molecular weight is 351 g/mol. The molecule has 2 rings (SSSR count). The standard InChI is InChI=1S/C18H17Cl2OP/c1-13(2)12-14(3)22(21,17-8-4-15(19)5-9-17)18-10-6-16(20)7-11-18/h4-11H,1-3H3. The molecule has 0 bridgehead atoms. The Bertz CT molecular complexity index is 729. The lowest BCUT2D eigenvalue weighted by Crippen LogP contribution is -2.16. The summed E-state index contributed by atoms with van der Waals surface area (Å²) in [4.78, 5) is 0. The van der Waals surface area contributed by atoms with Crippen LogP contribution in [0.1, 0.15) is 20.8 Å². The molecule has 0 saturated carbocycles. The lowest BCUT2D eigenvalue weighted by molar-refractivity contribution is 0.590. The molecule has 2 aromatic carbocycles. The molecule has 0 unspecified atom stereocenters. The van der Waals surface area contributed by atoms with Gasteiger partial charge in [-0.05, 0) is 74.9 Å². The summed E-state index contributed by atoms with van der Waals surface area (Å²) in [7, 11) is -2.94. The van der Waals surface area contributed by atoms with Gasteiger partial charge in [-0.2, -0.15) is 0 Å². The van der Waals surface area contributed by atoms with E-state index in [4.69, 9.17) is 23.2 Å². The van der Waals surface area contributed by atoms with Crippen LogP contribution in [0.2, 0.25) is 10.0 Å². The van der Waals surface area contributed by atoms with Crippen molar-refractivity contribution in [2.45, 2.75) is 20.8 Å². The highest BCUT2D eigenvalue weighted by atomic mass is 35.5. The molecule has 0 amide bonds. The third kappa shape index (κ3) is 3.57. The molecule has 0 heterocycles. The second-order valence-corrected chi connectivity index (χ2v) is 9.07. The van der Waals surface area contributed by atoms with E-state index in [1.165, 1.54) is 0 Å². The summed E-state index contributed by atoms with van der Waals surface area (Å²) in [5, 5.41) is 3.44. The number of hydrogen-bond donors (Lipinski definition) is 0. The Hall–Kier alpha value is -1.23. The molecule has 0 aliphatic heterocycles. The molecule has 0 radical (unpaired) electrons. The number of benzene rings is 2. The highest BCUT2D eigenvalue weighted by Gasteiger charge is 2.29. The number of allylic oxidation sites excluding steroid dienone is 1. The number of rotatable bonds is 3. The average Bonchev–Trinajstić information content (AvgIpc) is 2.47. The molecule has 4 heteroatoms. The second-order valence-electron chi connectivity index (χ2n) is 5.27. The van der Waals surface area contributed by atoms with Crippen LogP contribution in [-0.2, 0) is 4.57 Å². The van der Waals surface area contributed by atoms with Crippen molar-refractivity contribution in [1.82, 2.24) is 0 Å². The second kappa shape index (κ2) is 6.90. The third-order valence-electron chi connectivity index (χ3n) is 3.28. The number of halogens is 2. The normalized spacial score (nSPS) is 11.0. The van der Waals surface area contributed by atoms with Crippen molar-refractivity contribution in [1.29, 1.82) is 0 Å². The highest BCUT2D eigenvalue weighted by molar-refractivity contribution is 7.82. The van der Waals surface area contributed by atoms with Gasteiger partial charge in [0.2, 0.25) is 0 Å². The SMILES string of the molecule is CC(C)=C=C(C)P(=O)(c1ccc(Cl)cc1)c1ccc(Cl)cc1. The molecule has 114 valence electrons. The first-order valence-electron chi connectivity index (χ1n) is 6.87. The van der Waals surface area contributed by atoms with Gasteiger partial charge in [-0.1, -0.05) is 23.2 Å². The summed E-state index contributed by atoms with van der Waals surface area (Å²) in [5.41, 5.74) is 4.20. The molecular weight excluding hydrogens is 334 g/mol. The van der Waals surface area contributed by atoms with Gasteiger partial charge in [-0.25, -0.2) is 0 Å². The van der Waals surface area contributed by atoms with Crippen molar-refractivity contribution in [2.24, 2.45) is 0 Å². The van der Waals surface area contributed by atoms with Gasteiger partial charge in [-0.15, -0.1) is 5.73 Å². The summed E-state index contributed by atoms with van der Waals surface area (Å²) >= 11 is 11.9. The highest BCUT2D eigenvalue weighted by Crippen LogP contribution is 2.51. The van der Waals surface area contributed by atoms with E-state index in [0.717, 1.165) is 21.5 Å². The van der Waals surface area contributed by atoms with Crippen LogP contribution < -0.4 is 10.6 Å². The molecule has 2 aromatic rings. The summed E-state index contributed by atoms with van der Waals surface area (Å²) in [6.07, 6.45) is 0. The van der Waals surface area contributed by atoms with Crippen molar-refractivity contribution in [2.75, 3.05) is 0 Å². The van der Waals surface area contributed by atoms with E-state index >= 15 is 0 Å². The third-order valence-corrected chi connectivity index (χ3v) is 6.89. The smallest absolute Gasteiger partial charge is 0.174 e. The van der Waals surface area contributed by atoms with Crippen LogP contribution in [0.25, 0.3) is 0 Å². The van der Waals surface area contributed by atoms with Gasteiger partial charge in [0.05, 0.1) is 0 Å². The zero-order valence-electron chi connectivity index (χ0n) is 12.7. The van der Waals surface area contributed by atoms with Crippen LogP contribution in [0, 0.1) is 0 Å². The Kier molecular flexibility index (Phi) is 5.37. The van der Waals surface area contributed by atoms with Gasteiger partial charge >= 0.3 is 0 Å². The maximum absolute atomic E-state index is 13.9. The molecule has 0 aromatic heterocycles. The monoisotopic (exact) mass is 350 g/mol. The molecular formula is C18H17Cl2OP. The van der Waals surface area contributed by atoms with Gasteiger partial charge < -0.3 is 4.57 Å². The van der Waals surface area contributed by atoms with Gasteiger partial charge in [-0.3, -0.25) is 0 Å². The predicted octanol–water partition coefficient (Wildman–Crippen LogP) is 5.78. The molecule has 0 aliphatic carbocycles. The Morgan fingerprint density at radius 2 is 1.18 bits per heavy atom. The quantitative estimate of drug-likeness (QED) is 0.506. The van der Waals surface area contributed by atoms with Crippen molar-refractivity contribution in [3.8, 4) is 0 Å². The van der Waals surface area contributed by atoms with E-state index in [1.807, 2.05) is 45.0 Å². The fourth-order valence-electron chi connectivity index (χ4n) is 2.28. The molecule has 0 N–H and O–H groups in total. The lowest BCUT2D eigenvalue weighted by atomic mass is 10.3. The molecule has 0 saturated heterocycles. The van der Waals surface area contributed by atoms with Crippen LogP contribution in [0.3, 0.4) is 0 Å². The van der Waals surface area contributed by atoms with Crippen molar-refractivity contribution >= 4 is 41.0 Å². The van der Waals surface area contributed by atoms with Crippen LogP contribution in [-0.4, -0.2) is 0 Å². The largest absolute Gasteiger partial charge is 0.308 e. The van der Waals surface area contributed by atoms with Gasteiger partial charge in [0.15, 0.2) is 7.14 Å². The maximum atomic E-state index is 13.9. The molecule has 0 aliphatic rings. The lowest BCUT2D eigenvalue weighted by Gasteiger charge is -2.19. The van der Waals surface area contributed by atoms with E-state index in [2.05, 4.69) is 5.73 Å². The van der Waals surface area contributed by atoms with Crippen molar-refractivity contribution in [3.05, 3.63) is 75.2 Å². The first kappa shape index (κ1) is 17.1. The fourth-order valence-corrected chi connectivity index (χ4v) is 5.12. The zero-order valence-corrected chi connectivity index (χ0v) is 15.1. The van der Waals surface area contributed by atoms with E-state index in [0.29, 0.717) is 10.0 Å². The topological polar surface area (TPSA) is 17.1 Å². The summed E-state index contributed by atoms with van der Waals surface area (Å²) in [6.45, 7) is 5.74. The van der Waals surface area contributed by atoms with Crippen LogP contribution in [0.5, 0.6) is 0 Å². The Morgan fingerprint density at radius 1 is 0.818 bits per heavy atom. The summed E-state index contributed by atoms with van der Waals surface area (Å²) < 4.78 is 13.9. The zero-order chi connectivity index (χ0) is 16.3. The maximum Gasteiger partial charge on any atom is 0.174 e. The van der Waals surface area contributed by atoms with Gasteiger partial charge in [0.1, 0.15) is 0 Å². The Labute approximate surface area is 141 Å². The van der Waals surface area contributed by atoms with E-state index in [-0.39, 0.29) is 0 Å². The minimum absolute atomic E-state index is 0.621. The molecule has 0 spiro atoms. The first-order chi connectivity index (χ1) is 10.3.